The lowest BCUT2D eigenvalue weighted by atomic mass is 9.85. The van der Waals surface area contributed by atoms with Crippen LogP contribution in [0.5, 0.6) is 0 Å². The summed E-state index contributed by atoms with van der Waals surface area (Å²) < 4.78 is 2.09. The summed E-state index contributed by atoms with van der Waals surface area (Å²) in [6, 6.07) is 8.65. The first-order valence-corrected chi connectivity index (χ1v) is 8.41. The van der Waals surface area contributed by atoms with Crippen LogP contribution in [0.25, 0.3) is 16.2 Å². The average Bonchev–Trinajstić information content (AvgIpc) is 2.97. The third-order valence-electron chi connectivity index (χ3n) is 4.17. The molecular formula is C17H19N3S. The third kappa shape index (κ3) is 2.01. The Morgan fingerprint density at radius 2 is 2.14 bits per heavy atom. The highest BCUT2D eigenvalue weighted by Crippen LogP contribution is 2.39. The largest absolute Gasteiger partial charge is 0.217 e. The number of hydrogen-bond acceptors (Lipinski definition) is 3. The quantitative estimate of drug-likeness (QED) is 0.705. The van der Waals surface area contributed by atoms with E-state index in [1.165, 1.54) is 21.8 Å². The molecule has 0 N–H and O–H groups in total. The van der Waals surface area contributed by atoms with Gasteiger partial charge in [-0.3, -0.25) is 0 Å². The zero-order valence-electron chi connectivity index (χ0n) is 12.6. The van der Waals surface area contributed by atoms with Crippen LogP contribution in [-0.4, -0.2) is 14.6 Å². The zero-order chi connectivity index (χ0) is 14.6. The van der Waals surface area contributed by atoms with Gasteiger partial charge in [-0.25, -0.2) is 9.50 Å². The summed E-state index contributed by atoms with van der Waals surface area (Å²) in [5.74, 6) is 1.17. The Balaban J connectivity index is 1.88. The molecule has 2 heterocycles. The fourth-order valence-corrected chi connectivity index (χ4v) is 4.33. The molecule has 21 heavy (non-hydrogen) atoms. The molecule has 4 rings (SSSR count). The van der Waals surface area contributed by atoms with E-state index in [0.29, 0.717) is 11.8 Å². The van der Waals surface area contributed by atoms with E-state index in [4.69, 9.17) is 10.1 Å². The number of hydrogen-bond donors (Lipinski definition) is 0. The van der Waals surface area contributed by atoms with Gasteiger partial charge in [0.1, 0.15) is 5.01 Å². The number of nitrogens with zero attached hydrogens (tertiary/aromatic N) is 3. The van der Waals surface area contributed by atoms with Gasteiger partial charge in [0.15, 0.2) is 0 Å². The molecule has 0 spiro atoms. The van der Waals surface area contributed by atoms with Crippen LogP contribution in [0.1, 0.15) is 43.0 Å². The lowest BCUT2D eigenvalue weighted by molar-refractivity contribution is 0.631. The first-order valence-electron chi connectivity index (χ1n) is 7.60. The molecular weight excluding hydrogens is 278 g/mol. The lowest BCUT2D eigenvalue weighted by Gasteiger charge is -2.21. The minimum atomic E-state index is 0.531. The summed E-state index contributed by atoms with van der Waals surface area (Å²) in [7, 11) is 0. The monoisotopic (exact) mass is 297 g/mol. The highest BCUT2D eigenvalue weighted by atomic mass is 32.1. The fourth-order valence-electron chi connectivity index (χ4n) is 3.20. The number of fused-ring (bicyclic) bond motifs is 5. The minimum absolute atomic E-state index is 0.531. The molecule has 1 unspecified atom stereocenters. The van der Waals surface area contributed by atoms with Crippen molar-refractivity contribution in [3.05, 3.63) is 40.5 Å². The summed E-state index contributed by atoms with van der Waals surface area (Å²) in [4.78, 5) is 5.92. The average molecular weight is 297 g/mol. The van der Waals surface area contributed by atoms with Crippen molar-refractivity contribution < 1.29 is 0 Å². The predicted molar refractivity (Wildman–Crippen MR) is 87.0 cm³/mol. The normalized spacial score (nSPS) is 17.2. The van der Waals surface area contributed by atoms with E-state index in [1.54, 1.807) is 11.3 Å². The van der Waals surface area contributed by atoms with Gasteiger partial charge in [-0.1, -0.05) is 56.4 Å². The van der Waals surface area contributed by atoms with Crippen molar-refractivity contribution in [1.82, 2.24) is 14.6 Å². The maximum atomic E-state index is 4.88. The molecule has 3 aromatic rings. The molecule has 0 aliphatic heterocycles. The molecule has 2 aromatic heterocycles. The van der Waals surface area contributed by atoms with Crippen molar-refractivity contribution in [3.63, 3.8) is 0 Å². The highest BCUT2D eigenvalue weighted by Gasteiger charge is 2.27. The maximum Gasteiger partial charge on any atom is 0.212 e. The SMILES string of the molecule is CC(C)Cc1nn2c3c(nc2s1)-c1ccccc1C(C)C3. The molecule has 0 saturated heterocycles. The Hall–Kier alpha value is -1.68. The molecule has 0 bridgehead atoms. The van der Waals surface area contributed by atoms with Gasteiger partial charge in [-0.2, -0.15) is 5.10 Å². The van der Waals surface area contributed by atoms with Crippen LogP contribution in [0.3, 0.4) is 0 Å². The smallest absolute Gasteiger partial charge is 0.212 e. The number of imidazole rings is 1. The van der Waals surface area contributed by atoms with Crippen LogP contribution in [0, 0.1) is 5.92 Å². The summed E-state index contributed by atoms with van der Waals surface area (Å²) in [6.07, 6.45) is 2.06. The topological polar surface area (TPSA) is 30.2 Å². The van der Waals surface area contributed by atoms with Gasteiger partial charge >= 0.3 is 0 Å². The van der Waals surface area contributed by atoms with Crippen LogP contribution >= 0.6 is 11.3 Å². The Kier molecular flexibility index (Phi) is 2.89. The molecule has 1 aromatic carbocycles. The van der Waals surface area contributed by atoms with Crippen molar-refractivity contribution in [2.45, 2.75) is 39.5 Å². The minimum Gasteiger partial charge on any atom is -0.217 e. The summed E-state index contributed by atoms with van der Waals surface area (Å²) in [5, 5.41) is 6.00. The van der Waals surface area contributed by atoms with Crippen molar-refractivity contribution in [1.29, 1.82) is 0 Å². The molecule has 3 nitrogen and oxygen atoms in total. The van der Waals surface area contributed by atoms with Gasteiger partial charge in [-0.05, 0) is 23.8 Å². The Morgan fingerprint density at radius 3 is 2.95 bits per heavy atom. The molecule has 1 aliphatic rings. The van der Waals surface area contributed by atoms with Crippen LogP contribution in [-0.2, 0) is 12.8 Å². The summed E-state index contributed by atoms with van der Waals surface area (Å²) in [5.41, 5.74) is 5.12. The van der Waals surface area contributed by atoms with E-state index in [0.717, 1.165) is 23.5 Å². The summed E-state index contributed by atoms with van der Waals surface area (Å²) in [6.45, 7) is 6.76. The van der Waals surface area contributed by atoms with Crippen LogP contribution in [0.15, 0.2) is 24.3 Å². The highest BCUT2D eigenvalue weighted by molar-refractivity contribution is 7.16. The van der Waals surface area contributed by atoms with Crippen LogP contribution < -0.4 is 0 Å². The van der Waals surface area contributed by atoms with Crippen molar-refractivity contribution >= 4 is 16.3 Å². The second kappa shape index (κ2) is 4.67. The first kappa shape index (κ1) is 13.0. The van der Waals surface area contributed by atoms with Crippen molar-refractivity contribution in [2.24, 2.45) is 5.92 Å². The zero-order valence-corrected chi connectivity index (χ0v) is 13.4. The van der Waals surface area contributed by atoms with Gasteiger partial charge < -0.3 is 0 Å². The van der Waals surface area contributed by atoms with Gasteiger partial charge in [0.2, 0.25) is 4.96 Å². The molecule has 1 aliphatic carbocycles. The van der Waals surface area contributed by atoms with Crippen molar-refractivity contribution in [2.75, 3.05) is 0 Å². The Labute approximate surface area is 128 Å². The van der Waals surface area contributed by atoms with Gasteiger partial charge in [-0.15, -0.1) is 0 Å². The number of benzene rings is 1. The van der Waals surface area contributed by atoms with Gasteiger partial charge in [0.25, 0.3) is 0 Å². The Morgan fingerprint density at radius 1 is 1.33 bits per heavy atom. The number of rotatable bonds is 2. The van der Waals surface area contributed by atoms with Crippen LogP contribution in [0.4, 0.5) is 0 Å². The van der Waals surface area contributed by atoms with E-state index in [1.807, 2.05) is 0 Å². The first-order chi connectivity index (χ1) is 10.1. The van der Waals surface area contributed by atoms with E-state index in [2.05, 4.69) is 49.6 Å². The second-order valence-corrected chi connectivity index (χ2v) is 7.43. The van der Waals surface area contributed by atoms with E-state index >= 15 is 0 Å². The molecule has 1 atom stereocenters. The van der Waals surface area contributed by atoms with E-state index in [9.17, 15) is 0 Å². The molecule has 4 heteroatoms. The molecule has 0 fully saturated rings. The fraction of sp³-hybridized carbons (Fsp3) is 0.412. The lowest BCUT2D eigenvalue weighted by Crippen LogP contribution is -2.10. The van der Waals surface area contributed by atoms with Gasteiger partial charge in [0, 0.05) is 12.0 Å². The molecule has 0 saturated carbocycles. The molecule has 108 valence electrons. The van der Waals surface area contributed by atoms with Gasteiger partial charge in [0.05, 0.1) is 11.4 Å². The Bertz CT molecular complexity index is 813. The summed E-state index contributed by atoms with van der Waals surface area (Å²) >= 11 is 1.74. The standard InChI is InChI=1S/C17H19N3S/c1-10(2)8-15-19-20-14-9-11(3)12-6-4-5-7-13(12)16(14)18-17(20)21-15/h4-7,10-11H,8-9H2,1-3H3. The second-order valence-electron chi connectivity index (χ2n) is 6.39. The molecule has 0 radical (unpaired) electrons. The number of aromatic nitrogens is 3. The van der Waals surface area contributed by atoms with E-state index in [-0.39, 0.29) is 0 Å². The molecule has 0 amide bonds. The predicted octanol–water partition coefficient (Wildman–Crippen LogP) is 4.32. The maximum absolute atomic E-state index is 4.88. The van der Waals surface area contributed by atoms with Crippen LogP contribution in [0.2, 0.25) is 0 Å². The third-order valence-corrected chi connectivity index (χ3v) is 5.10. The van der Waals surface area contributed by atoms with Crippen molar-refractivity contribution in [3.8, 4) is 11.3 Å². The van der Waals surface area contributed by atoms with E-state index < -0.39 is 0 Å².